The molecule has 0 radical (unpaired) electrons. The van der Waals surface area contributed by atoms with Crippen LogP contribution < -0.4 is 5.73 Å². The van der Waals surface area contributed by atoms with Crippen LogP contribution in [0.3, 0.4) is 0 Å². The van der Waals surface area contributed by atoms with Crippen molar-refractivity contribution in [3.05, 3.63) is 12.0 Å². The van der Waals surface area contributed by atoms with Crippen LogP contribution in [0.2, 0.25) is 0 Å². The highest BCUT2D eigenvalue weighted by Crippen LogP contribution is 2.14. The Morgan fingerprint density at radius 1 is 1.67 bits per heavy atom. The number of nitrogens with two attached hydrogens (primary N) is 1. The third-order valence-corrected chi connectivity index (χ3v) is 2.34. The molecule has 66 valence electrons. The van der Waals surface area contributed by atoms with Gasteiger partial charge in [0.05, 0.1) is 6.33 Å². The van der Waals surface area contributed by atoms with Gasteiger partial charge in [-0.15, -0.1) is 0 Å². The first-order valence-corrected chi connectivity index (χ1v) is 5.01. The summed E-state index contributed by atoms with van der Waals surface area (Å²) in [5.41, 5.74) is 4.43. The van der Waals surface area contributed by atoms with Gasteiger partial charge in [0.15, 0.2) is 10.7 Å². The van der Waals surface area contributed by atoms with Gasteiger partial charge in [-0.05, 0) is 0 Å². The number of hydrogen-bond acceptors (Lipinski definition) is 4. The fraction of sp³-hybridized carbons (Fsp3) is 0. The lowest BCUT2D eigenvalue weighted by molar-refractivity contribution is 0.0992. The zero-order valence-corrected chi connectivity index (χ0v) is 7.19. The molecule has 1 heterocycles. The van der Waals surface area contributed by atoms with Gasteiger partial charge < -0.3 is 10.7 Å². The molecule has 0 aliphatic heterocycles. The van der Waals surface area contributed by atoms with E-state index < -0.39 is 20.0 Å². The maximum atomic E-state index is 10.7. The van der Waals surface area contributed by atoms with E-state index in [1.807, 2.05) is 0 Å². The van der Waals surface area contributed by atoms with E-state index in [9.17, 15) is 13.2 Å². The summed E-state index contributed by atoms with van der Waals surface area (Å²) in [6, 6.07) is 0. The number of aromatic amines is 1. The predicted molar refractivity (Wildman–Crippen MR) is 40.1 cm³/mol. The van der Waals surface area contributed by atoms with Crippen LogP contribution in [0, 0.1) is 0 Å². The van der Waals surface area contributed by atoms with E-state index in [0.29, 0.717) is 0 Å². The molecule has 1 aromatic rings. The van der Waals surface area contributed by atoms with Crippen LogP contribution in [0.4, 0.5) is 0 Å². The van der Waals surface area contributed by atoms with E-state index in [2.05, 4.69) is 9.97 Å². The number of H-pyrrole nitrogens is 1. The SMILES string of the molecule is NC(=O)c1nc[nH]c1S(=O)(=O)Cl. The Morgan fingerprint density at radius 3 is 2.58 bits per heavy atom. The quantitative estimate of drug-likeness (QED) is 0.637. The number of carbonyl (C=O) groups excluding carboxylic acids is 1. The van der Waals surface area contributed by atoms with Gasteiger partial charge in [0.1, 0.15) is 0 Å². The number of imidazole rings is 1. The molecule has 12 heavy (non-hydrogen) atoms. The molecule has 0 spiro atoms. The zero-order valence-electron chi connectivity index (χ0n) is 5.61. The Morgan fingerprint density at radius 2 is 2.25 bits per heavy atom. The summed E-state index contributed by atoms with van der Waals surface area (Å²) in [6.07, 6.45) is 1.02. The maximum Gasteiger partial charge on any atom is 0.279 e. The lowest BCUT2D eigenvalue weighted by Gasteiger charge is -1.91. The minimum absolute atomic E-state index is 0.384. The molecular formula is C4H4ClN3O3S. The lowest BCUT2D eigenvalue weighted by Crippen LogP contribution is -2.14. The summed E-state index contributed by atoms with van der Waals surface area (Å²) in [7, 11) is 0.961. The van der Waals surface area contributed by atoms with Crippen LogP contribution in [0.5, 0.6) is 0 Å². The van der Waals surface area contributed by atoms with Crippen molar-refractivity contribution in [3.63, 3.8) is 0 Å². The number of amides is 1. The number of carbonyl (C=O) groups is 1. The second-order valence-corrected chi connectivity index (χ2v) is 4.39. The smallest absolute Gasteiger partial charge is 0.279 e. The van der Waals surface area contributed by atoms with Gasteiger partial charge in [0.2, 0.25) is 0 Å². The molecule has 3 N–H and O–H groups in total. The van der Waals surface area contributed by atoms with Crippen molar-refractivity contribution in [2.75, 3.05) is 0 Å². The molecule has 0 aliphatic rings. The summed E-state index contributed by atoms with van der Waals surface area (Å²) in [5, 5.41) is -0.475. The Labute approximate surface area is 72.2 Å². The average Bonchev–Trinajstić information content (AvgIpc) is 2.30. The highest BCUT2D eigenvalue weighted by Gasteiger charge is 2.21. The summed E-state index contributed by atoms with van der Waals surface area (Å²) in [6.45, 7) is 0. The number of aromatic nitrogens is 2. The predicted octanol–water partition coefficient (Wildman–Crippen LogP) is -0.564. The molecule has 1 rings (SSSR count). The van der Waals surface area contributed by atoms with Gasteiger partial charge in [-0.2, -0.15) is 0 Å². The molecule has 0 bridgehead atoms. The van der Waals surface area contributed by atoms with Crippen molar-refractivity contribution in [1.82, 2.24) is 9.97 Å². The normalized spacial score (nSPS) is 11.4. The first-order valence-electron chi connectivity index (χ1n) is 2.71. The topological polar surface area (TPSA) is 106 Å². The molecule has 6 nitrogen and oxygen atoms in total. The fourth-order valence-electron chi connectivity index (χ4n) is 0.644. The van der Waals surface area contributed by atoms with Gasteiger partial charge in [0, 0.05) is 10.7 Å². The van der Waals surface area contributed by atoms with Gasteiger partial charge in [0.25, 0.3) is 15.0 Å². The summed E-state index contributed by atoms with van der Waals surface area (Å²) >= 11 is 0. The van der Waals surface area contributed by atoms with Crippen LogP contribution >= 0.6 is 10.7 Å². The van der Waals surface area contributed by atoms with Gasteiger partial charge in [-0.1, -0.05) is 0 Å². The van der Waals surface area contributed by atoms with Crippen LogP contribution in [0.15, 0.2) is 11.4 Å². The Balaban J connectivity index is 3.36. The second-order valence-electron chi connectivity index (χ2n) is 1.88. The second kappa shape index (κ2) is 2.76. The Hall–Kier alpha value is -1.08. The van der Waals surface area contributed by atoms with Gasteiger partial charge in [-0.3, -0.25) is 4.79 Å². The third-order valence-electron chi connectivity index (χ3n) is 1.08. The van der Waals surface area contributed by atoms with Crippen molar-refractivity contribution in [2.45, 2.75) is 5.03 Å². The third kappa shape index (κ3) is 1.56. The molecule has 1 aromatic heterocycles. The minimum Gasteiger partial charge on any atom is -0.364 e. The Kier molecular flexibility index (Phi) is 2.07. The number of rotatable bonds is 2. The number of nitrogens with zero attached hydrogens (tertiary/aromatic N) is 1. The zero-order chi connectivity index (χ0) is 9.35. The highest BCUT2D eigenvalue weighted by atomic mass is 35.7. The van der Waals surface area contributed by atoms with Gasteiger partial charge in [-0.25, -0.2) is 13.4 Å². The summed E-state index contributed by atoms with van der Waals surface area (Å²) < 4.78 is 21.4. The number of halogens is 1. The van der Waals surface area contributed by atoms with E-state index in [1.54, 1.807) is 0 Å². The largest absolute Gasteiger partial charge is 0.364 e. The molecule has 0 saturated heterocycles. The first-order chi connectivity index (χ1) is 5.43. The van der Waals surface area contributed by atoms with Crippen LogP contribution in [-0.4, -0.2) is 24.3 Å². The van der Waals surface area contributed by atoms with Crippen molar-refractivity contribution in [1.29, 1.82) is 0 Å². The molecule has 0 saturated carbocycles. The van der Waals surface area contributed by atoms with Crippen molar-refractivity contribution < 1.29 is 13.2 Å². The number of hydrogen-bond donors (Lipinski definition) is 2. The van der Waals surface area contributed by atoms with Crippen LogP contribution in [0.1, 0.15) is 10.5 Å². The lowest BCUT2D eigenvalue weighted by atomic mass is 10.5. The monoisotopic (exact) mass is 209 g/mol. The number of nitrogens with one attached hydrogen (secondary N) is 1. The molecule has 0 unspecified atom stereocenters. The van der Waals surface area contributed by atoms with E-state index in [1.165, 1.54) is 0 Å². The first kappa shape index (κ1) is 9.01. The Bertz CT molecular complexity index is 409. The molecule has 0 aromatic carbocycles. The molecular weight excluding hydrogens is 206 g/mol. The minimum atomic E-state index is -3.98. The highest BCUT2D eigenvalue weighted by molar-refractivity contribution is 8.13. The van der Waals surface area contributed by atoms with E-state index in [0.717, 1.165) is 6.33 Å². The van der Waals surface area contributed by atoms with Crippen molar-refractivity contribution in [3.8, 4) is 0 Å². The molecule has 1 amide bonds. The average molecular weight is 210 g/mol. The molecule has 0 fully saturated rings. The van der Waals surface area contributed by atoms with Crippen molar-refractivity contribution >= 4 is 25.6 Å². The van der Waals surface area contributed by atoms with Crippen LogP contribution in [0.25, 0.3) is 0 Å². The standard InChI is InChI=1S/C4H4ClN3O3S/c5-12(10,11)4-2(3(6)9)7-1-8-4/h1H,(H2,6,9)(H,7,8). The van der Waals surface area contributed by atoms with E-state index in [-0.39, 0.29) is 5.69 Å². The van der Waals surface area contributed by atoms with E-state index in [4.69, 9.17) is 16.4 Å². The molecule has 0 atom stereocenters. The summed E-state index contributed by atoms with van der Waals surface area (Å²) in [5.74, 6) is -0.949. The fourth-order valence-corrected chi connectivity index (χ4v) is 1.57. The van der Waals surface area contributed by atoms with Gasteiger partial charge >= 0.3 is 0 Å². The maximum absolute atomic E-state index is 10.7. The molecule has 0 aliphatic carbocycles. The molecule has 8 heteroatoms. The van der Waals surface area contributed by atoms with Crippen molar-refractivity contribution in [2.24, 2.45) is 5.73 Å². The van der Waals surface area contributed by atoms with E-state index >= 15 is 0 Å². The number of primary amides is 1. The summed E-state index contributed by atoms with van der Waals surface area (Å²) in [4.78, 5) is 16.1. The van der Waals surface area contributed by atoms with Crippen LogP contribution in [-0.2, 0) is 9.05 Å².